The molecule has 10 rings (SSSR count). The van der Waals surface area contributed by atoms with Gasteiger partial charge in [0.15, 0.2) is 0 Å². The summed E-state index contributed by atoms with van der Waals surface area (Å²) in [7, 11) is 0. The normalized spacial score (nSPS) is 18.3. The fourth-order valence-corrected chi connectivity index (χ4v) is 9.91. The van der Waals surface area contributed by atoms with Crippen LogP contribution in [-0.2, 0) is 39.6 Å². The zero-order valence-electron chi connectivity index (χ0n) is 35.3. The van der Waals surface area contributed by atoms with Gasteiger partial charge in [-0.2, -0.15) is 0 Å². The number of aliphatic hydroxyl groups is 1. The molecule has 0 radical (unpaired) electrons. The number of carbonyl (C=O) groups excluding carboxylic acids is 2. The van der Waals surface area contributed by atoms with Crippen molar-refractivity contribution < 1.29 is 43.1 Å². The van der Waals surface area contributed by atoms with Crippen molar-refractivity contribution in [1.82, 2.24) is 0 Å². The van der Waals surface area contributed by atoms with Crippen LogP contribution in [0.5, 0.6) is 11.5 Å². The summed E-state index contributed by atoms with van der Waals surface area (Å²) in [6.07, 6.45) is 1.62. The number of esters is 2. The zero-order valence-corrected chi connectivity index (χ0v) is 35.3. The first-order chi connectivity index (χ1) is 30.8. The minimum Gasteiger partial charge on any atom is -0.491 e. The third kappa shape index (κ3) is 7.71. The lowest BCUT2D eigenvalue weighted by molar-refractivity contribution is -0.161. The van der Waals surface area contributed by atoms with Crippen LogP contribution in [0.2, 0.25) is 0 Å². The Morgan fingerprint density at radius 2 is 1.11 bits per heavy atom. The maximum absolute atomic E-state index is 13.6. The molecular weight excluding hydrogens is 793 g/mol. The van der Waals surface area contributed by atoms with Crippen molar-refractivity contribution in [2.45, 2.75) is 30.3 Å². The Hall–Kier alpha value is -6.52. The lowest BCUT2D eigenvalue weighted by atomic mass is 9.56. The molecule has 9 heteroatoms. The smallest absolute Gasteiger partial charge is 0.330 e. The molecule has 4 aliphatic carbocycles. The highest BCUT2D eigenvalue weighted by Gasteiger charge is 2.56. The van der Waals surface area contributed by atoms with Gasteiger partial charge in [0.25, 0.3) is 0 Å². The molecule has 3 atom stereocenters. The van der Waals surface area contributed by atoms with Crippen LogP contribution in [0.3, 0.4) is 0 Å². The number of benzene rings is 6. The van der Waals surface area contributed by atoms with E-state index in [1.807, 2.05) is 61.5 Å². The Morgan fingerprint density at radius 3 is 1.70 bits per heavy atom. The Kier molecular flexibility index (Phi) is 12.0. The fourth-order valence-electron chi connectivity index (χ4n) is 9.91. The maximum Gasteiger partial charge on any atom is 0.330 e. The van der Waals surface area contributed by atoms with Gasteiger partial charge in [-0.15, -0.1) is 0 Å². The van der Waals surface area contributed by atoms with E-state index in [4.69, 9.17) is 28.4 Å². The van der Waals surface area contributed by atoms with E-state index >= 15 is 0 Å². The van der Waals surface area contributed by atoms with Crippen LogP contribution in [0.15, 0.2) is 152 Å². The zero-order chi connectivity index (χ0) is 43.4. The van der Waals surface area contributed by atoms with Crippen LogP contribution in [0.1, 0.15) is 62.4 Å². The standard InChI is InChI=1S/C54H50O9/c1-3-51(55)62-32-28-58-26-30-60-39-21-17-37(18-22-39)53(46-13-7-4-10-41(46)42-11-5-8-14-47(42)53)38-19-23-40(24-20-38)61-31-27-59-29-33-63-52(56)50-35-44-43-12-6-9-15-48(43)54(50,57)49-25-16-36(2)34-45(44)49/h3-25,34,44,50,57H,1,26-33,35H2,2H3. The van der Waals surface area contributed by atoms with Gasteiger partial charge in [-0.3, -0.25) is 4.79 Å². The monoisotopic (exact) mass is 842 g/mol. The van der Waals surface area contributed by atoms with Gasteiger partial charge in [-0.25, -0.2) is 4.79 Å². The number of carbonyl (C=O) groups is 2. The summed E-state index contributed by atoms with van der Waals surface area (Å²) in [6, 6.07) is 47.6. The molecule has 4 aliphatic rings. The van der Waals surface area contributed by atoms with Gasteiger partial charge >= 0.3 is 11.9 Å². The topological polar surface area (TPSA) is 110 Å². The van der Waals surface area contributed by atoms with Gasteiger partial charge in [0, 0.05) is 12.0 Å². The first-order valence-corrected chi connectivity index (χ1v) is 21.5. The van der Waals surface area contributed by atoms with Gasteiger partial charge in [-0.05, 0) is 93.2 Å². The Balaban J connectivity index is 0.814. The largest absolute Gasteiger partial charge is 0.491 e. The van der Waals surface area contributed by atoms with Crippen LogP contribution in [-0.4, -0.2) is 69.9 Å². The van der Waals surface area contributed by atoms with Gasteiger partial charge in [0.2, 0.25) is 0 Å². The Labute approximate surface area is 367 Å². The second-order valence-corrected chi connectivity index (χ2v) is 16.1. The molecule has 9 nitrogen and oxygen atoms in total. The van der Waals surface area contributed by atoms with E-state index in [2.05, 4.69) is 91.5 Å². The lowest BCUT2D eigenvalue weighted by Crippen LogP contribution is -2.50. The first-order valence-electron chi connectivity index (χ1n) is 21.5. The second-order valence-electron chi connectivity index (χ2n) is 16.1. The van der Waals surface area contributed by atoms with E-state index in [1.165, 1.54) is 22.3 Å². The average molecular weight is 843 g/mol. The van der Waals surface area contributed by atoms with Crippen LogP contribution in [0.4, 0.5) is 0 Å². The molecule has 6 aromatic rings. The summed E-state index contributed by atoms with van der Waals surface area (Å²) in [5.41, 5.74) is 9.83. The van der Waals surface area contributed by atoms with Gasteiger partial charge in [0.05, 0.1) is 37.8 Å². The van der Waals surface area contributed by atoms with Crippen LogP contribution in [0, 0.1) is 12.8 Å². The van der Waals surface area contributed by atoms with E-state index in [-0.39, 0.29) is 32.3 Å². The SMILES string of the molecule is C=CC(=O)OCCOCCOc1ccc(C2(c3ccc(OCCOCCOC(=O)C4CC5c6ccccc6C4(O)c4ccc(C)cc45)cc3)c3ccccc3-c3ccccc32)cc1. The molecule has 0 aromatic heterocycles. The summed E-state index contributed by atoms with van der Waals surface area (Å²) in [6.45, 7) is 7.50. The highest BCUT2D eigenvalue weighted by Crippen LogP contribution is 2.59. The van der Waals surface area contributed by atoms with Crippen molar-refractivity contribution in [3.8, 4) is 22.6 Å². The molecule has 0 amide bonds. The predicted octanol–water partition coefficient (Wildman–Crippen LogP) is 8.82. The molecule has 0 spiro atoms. The van der Waals surface area contributed by atoms with Crippen molar-refractivity contribution in [2.24, 2.45) is 5.92 Å². The molecule has 0 heterocycles. The van der Waals surface area contributed by atoms with E-state index in [9.17, 15) is 14.7 Å². The van der Waals surface area contributed by atoms with Crippen LogP contribution in [0.25, 0.3) is 11.1 Å². The van der Waals surface area contributed by atoms with Crippen LogP contribution >= 0.6 is 0 Å². The van der Waals surface area contributed by atoms with Crippen molar-refractivity contribution in [2.75, 3.05) is 52.9 Å². The fraction of sp³-hybridized carbons (Fsp3) is 0.259. The number of rotatable bonds is 18. The highest BCUT2D eigenvalue weighted by molar-refractivity contribution is 5.86. The molecule has 1 N–H and O–H groups in total. The van der Waals surface area contributed by atoms with E-state index in [1.54, 1.807) is 0 Å². The average Bonchev–Trinajstić information content (AvgIpc) is 3.62. The van der Waals surface area contributed by atoms with E-state index in [0.29, 0.717) is 38.6 Å². The van der Waals surface area contributed by atoms with E-state index < -0.39 is 28.9 Å². The number of fused-ring (bicyclic) bond motifs is 4. The van der Waals surface area contributed by atoms with Crippen molar-refractivity contribution in [3.63, 3.8) is 0 Å². The molecule has 0 fully saturated rings. The summed E-state index contributed by atoms with van der Waals surface area (Å²) in [4.78, 5) is 24.8. The maximum atomic E-state index is 13.6. The summed E-state index contributed by atoms with van der Waals surface area (Å²) in [5.74, 6) is -0.129. The summed E-state index contributed by atoms with van der Waals surface area (Å²) >= 11 is 0. The number of ether oxygens (including phenoxy) is 6. The molecule has 0 saturated carbocycles. The lowest BCUT2D eigenvalue weighted by Gasteiger charge is -2.50. The van der Waals surface area contributed by atoms with Gasteiger partial charge in [-0.1, -0.05) is 127 Å². The highest BCUT2D eigenvalue weighted by atomic mass is 16.6. The molecule has 0 saturated heterocycles. The third-order valence-electron chi connectivity index (χ3n) is 12.6. The molecule has 0 aliphatic heterocycles. The minimum absolute atomic E-state index is 0.0280. The third-order valence-corrected chi connectivity index (χ3v) is 12.6. The Bertz CT molecular complexity index is 2570. The summed E-state index contributed by atoms with van der Waals surface area (Å²) < 4.78 is 34.2. The minimum atomic E-state index is -1.44. The van der Waals surface area contributed by atoms with Crippen LogP contribution < -0.4 is 9.47 Å². The predicted molar refractivity (Wildman–Crippen MR) is 239 cm³/mol. The van der Waals surface area contributed by atoms with Gasteiger partial charge < -0.3 is 33.5 Å². The quantitative estimate of drug-likeness (QED) is 0.0515. The van der Waals surface area contributed by atoms with Gasteiger partial charge in [0.1, 0.15) is 43.5 Å². The van der Waals surface area contributed by atoms with Crippen molar-refractivity contribution in [1.29, 1.82) is 0 Å². The number of hydrogen-bond donors (Lipinski definition) is 1. The Morgan fingerprint density at radius 1 is 0.603 bits per heavy atom. The molecule has 6 aromatic carbocycles. The van der Waals surface area contributed by atoms with E-state index in [0.717, 1.165) is 50.8 Å². The molecule has 320 valence electrons. The van der Waals surface area contributed by atoms with Crippen molar-refractivity contribution in [3.05, 3.63) is 202 Å². The molecule has 63 heavy (non-hydrogen) atoms. The molecular formula is C54H50O9. The van der Waals surface area contributed by atoms with Crippen molar-refractivity contribution >= 4 is 11.9 Å². The summed E-state index contributed by atoms with van der Waals surface area (Å²) in [5, 5.41) is 12.3. The number of hydrogen-bond acceptors (Lipinski definition) is 9. The first kappa shape index (κ1) is 41.8. The molecule has 3 unspecified atom stereocenters. The second kappa shape index (κ2) is 18.1. The molecule has 2 bridgehead atoms. The number of aryl methyl sites for hydroxylation is 1.